The molecule has 0 bridgehead atoms. The monoisotopic (exact) mass is 367 g/mol. The van der Waals surface area contributed by atoms with Crippen LogP contribution >= 0.6 is 0 Å². The first-order valence-corrected chi connectivity index (χ1v) is 8.81. The molecule has 0 spiro atoms. The summed E-state index contributed by atoms with van der Waals surface area (Å²) in [5, 5.41) is 11.9. The Morgan fingerprint density at radius 1 is 1.11 bits per heavy atom. The highest BCUT2D eigenvalue weighted by Gasteiger charge is 2.10. The Morgan fingerprint density at radius 2 is 1.85 bits per heavy atom. The standard InChI is InChI=1S/C21H25N3O3/c1-4-26-20-11-16(12-22)9-10-19(20)27-15-21(25)23-13-17-7-5-6-8-18(17)14-24(2)3/h5-11H,4,13-15H2,1-3H3,(H,23,25). The highest BCUT2D eigenvalue weighted by molar-refractivity contribution is 5.77. The first kappa shape index (κ1) is 20.3. The highest BCUT2D eigenvalue weighted by atomic mass is 16.5. The van der Waals surface area contributed by atoms with E-state index >= 15 is 0 Å². The zero-order valence-electron chi connectivity index (χ0n) is 16.0. The van der Waals surface area contributed by atoms with Gasteiger partial charge in [-0.25, -0.2) is 0 Å². The molecule has 1 amide bonds. The molecule has 142 valence electrons. The van der Waals surface area contributed by atoms with E-state index in [1.165, 1.54) is 5.56 Å². The van der Waals surface area contributed by atoms with Crippen molar-refractivity contribution in [2.24, 2.45) is 0 Å². The Balaban J connectivity index is 1.93. The molecule has 6 nitrogen and oxygen atoms in total. The van der Waals surface area contributed by atoms with Crippen LogP contribution in [-0.4, -0.2) is 38.1 Å². The summed E-state index contributed by atoms with van der Waals surface area (Å²) >= 11 is 0. The molecule has 0 heterocycles. The molecule has 0 radical (unpaired) electrons. The van der Waals surface area contributed by atoms with Crippen LogP contribution in [0.15, 0.2) is 42.5 Å². The minimum absolute atomic E-state index is 0.123. The number of carbonyl (C=O) groups excluding carboxylic acids is 1. The van der Waals surface area contributed by atoms with Crippen LogP contribution in [0.2, 0.25) is 0 Å². The molecule has 0 saturated heterocycles. The molecular weight excluding hydrogens is 342 g/mol. The maximum absolute atomic E-state index is 12.2. The fourth-order valence-electron chi connectivity index (χ4n) is 2.58. The number of benzene rings is 2. The van der Waals surface area contributed by atoms with Gasteiger partial charge in [-0.3, -0.25) is 4.79 Å². The van der Waals surface area contributed by atoms with Crippen LogP contribution in [-0.2, 0) is 17.9 Å². The van der Waals surface area contributed by atoms with Gasteiger partial charge in [0.25, 0.3) is 5.91 Å². The van der Waals surface area contributed by atoms with Crippen LogP contribution in [0.4, 0.5) is 0 Å². The number of nitrogens with zero attached hydrogens (tertiary/aromatic N) is 2. The summed E-state index contributed by atoms with van der Waals surface area (Å²) in [5.74, 6) is 0.682. The number of ether oxygens (including phenoxy) is 2. The van der Waals surface area contributed by atoms with E-state index in [0.29, 0.717) is 30.2 Å². The molecular formula is C21H25N3O3. The molecule has 2 rings (SSSR count). The van der Waals surface area contributed by atoms with Gasteiger partial charge >= 0.3 is 0 Å². The van der Waals surface area contributed by atoms with Gasteiger partial charge in [0.05, 0.1) is 18.2 Å². The lowest BCUT2D eigenvalue weighted by Crippen LogP contribution is -2.29. The van der Waals surface area contributed by atoms with E-state index in [2.05, 4.69) is 22.4 Å². The van der Waals surface area contributed by atoms with E-state index in [9.17, 15) is 4.79 Å². The fourth-order valence-corrected chi connectivity index (χ4v) is 2.58. The van der Waals surface area contributed by atoms with E-state index in [1.807, 2.05) is 39.2 Å². The molecule has 0 atom stereocenters. The first-order valence-electron chi connectivity index (χ1n) is 8.81. The number of amides is 1. The number of hydrogen-bond donors (Lipinski definition) is 1. The number of hydrogen-bond acceptors (Lipinski definition) is 5. The number of rotatable bonds is 9. The van der Waals surface area contributed by atoms with E-state index in [4.69, 9.17) is 14.7 Å². The summed E-state index contributed by atoms with van der Waals surface area (Å²) in [6.45, 7) is 3.42. The minimum Gasteiger partial charge on any atom is -0.490 e. The van der Waals surface area contributed by atoms with Crippen molar-refractivity contribution in [1.29, 1.82) is 5.26 Å². The normalized spacial score (nSPS) is 10.3. The molecule has 0 aliphatic heterocycles. The van der Waals surface area contributed by atoms with Crippen LogP contribution in [0.25, 0.3) is 0 Å². The van der Waals surface area contributed by atoms with Crippen LogP contribution in [0.5, 0.6) is 11.5 Å². The molecule has 0 unspecified atom stereocenters. The van der Waals surface area contributed by atoms with Crippen molar-refractivity contribution in [2.45, 2.75) is 20.0 Å². The molecule has 0 aliphatic rings. The van der Waals surface area contributed by atoms with Crippen molar-refractivity contribution in [3.63, 3.8) is 0 Å². The van der Waals surface area contributed by atoms with Gasteiger partial charge in [0.15, 0.2) is 18.1 Å². The average molecular weight is 367 g/mol. The van der Waals surface area contributed by atoms with Gasteiger partial charge in [0.1, 0.15) is 0 Å². The van der Waals surface area contributed by atoms with Crippen molar-refractivity contribution in [3.05, 3.63) is 59.2 Å². The Kier molecular flexibility index (Phi) is 7.65. The fraction of sp³-hybridized carbons (Fsp3) is 0.333. The predicted octanol–water partition coefficient (Wildman–Crippen LogP) is 2.71. The molecule has 0 aromatic heterocycles. The van der Waals surface area contributed by atoms with Crippen LogP contribution in [0.3, 0.4) is 0 Å². The lowest BCUT2D eigenvalue weighted by Gasteiger charge is -2.15. The smallest absolute Gasteiger partial charge is 0.258 e. The zero-order valence-corrected chi connectivity index (χ0v) is 16.0. The lowest BCUT2D eigenvalue weighted by atomic mass is 10.1. The molecule has 27 heavy (non-hydrogen) atoms. The summed E-state index contributed by atoms with van der Waals surface area (Å²) in [7, 11) is 4.02. The van der Waals surface area contributed by atoms with Gasteiger partial charge in [0, 0.05) is 19.2 Å². The average Bonchev–Trinajstić information content (AvgIpc) is 2.66. The molecule has 2 aromatic rings. The van der Waals surface area contributed by atoms with Crippen LogP contribution in [0, 0.1) is 11.3 Å². The zero-order chi connectivity index (χ0) is 19.6. The summed E-state index contributed by atoms with van der Waals surface area (Å²) in [6, 6.07) is 15.0. The molecule has 6 heteroatoms. The molecule has 0 fully saturated rings. The topological polar surface area (TPSA) is 74.6 Å². The SMILES string of the molecule is CCOc1cc(C#N)ccc1OCC(=O)NCc1ccccc1CN(C)C. The van der Waals surface area contributed by atoms with Crippen molar-refractivity contribution in [2.75, 3.05) is 27.3 Å². The molecule has 2 aromatic carbocycles. The summed E-state index contributed by atoms with van der Waals surface area (Å²) in [4.78, 5) is 14.3. The van der Waals surface area contributed by atoms with Crippen LogP contribution in [0.1, 0.15) is 23.6 Å². The van der Waals surface area contributed by atoms with E-state index in [0.717, 1.165) is 12.1 Å². The van der Waals surface area contributed by atoms with E-state index in [-0.39, 0.29) is 12.5 Å². The van der Waals surface area contributed by atoms with E-state index in [1.54, 1.807) is 18.2 Å². The maximum Gasteiger partial charge on any atom is 0.258 e. The van der Waals surface area contributed by atoms with Gasteiger partial charge < -0.3 is 19.7 Å². The first-order chi connectivity index (χ1) is 13.0. The predicted molar refractivity (Wildman–Crippen MR) is 104 cm³/mol. The Bertz CT molecular complexity index is 813. The number of carbonyl (C=O) groups is 1. The summed E-state index contributed by atoms with van der Waals surface area (Å²) in [5.41, 5.74) is 2.73. The van der Waals surface area contributed by atoms with Gasteiger partial charge in [0.2, 0.25) is 0 Å². The second-order valence-electron chi connectivity index (χ2n) is 6.28. The van der Waals surface area contributed by atoms with Gasteiger partial charge in [-0.05, 0) is 44.3 Å². The second-order valence-corrected chi connectivity index (χ2v) is 6.28. The number of nitriles is 1. The Hall–Kier alpha value is -3.04. The Labute approximate surface area is 160 Å². The van der Waals surface area contributed by atoms with Gasteiger partial charge in [-0.1, -0.05) is 24.3 Å². The Morgan fingerprint density at radius 3 is 2.52 bits per heavy atom. The third-order valence-electron chi connectivity index (χ3n) is 3.81. The largest absolute Gasteiger partial charge is 0.490 e. The number of nitrogens with one attached hydrogen (secondary N) is 1. The third-order valence-corrected chi connectivity index (χ3v) is 3.81. The highest BCUT2D eigenvalue weighted by Crippen LogP contribution is 2.28. The molecule has 1 N–H and O–H groups in total. The van der Waals surface area contributed by atoms with Crippen molar-refractivity contribution >= 4 is 5.91 Å². The van der Waals surface area contributed by atoms with Crippen molar-refractivity contribution in [1.82, 2.24) is 10.2 Å². The quantitative estimate of drug-likeness (QED) is 0.738. The minimum atomic E-state index is -0.221. The molecule has 0 aliphatic carbocycles. The maximum atomic E-state index is 12.2. The molecule has 0 saturated carbocycles. The van der Waals surface area contributed by atoms with Crippen molar-refractivity contribution in [3.8, 4) is 17.6 Å². The van der Waals surface area contributed by atoms with Gasteiger partial charge in [-0.2, -0.15) is 5.26 Å². The van der Waals surface area contributed by atoms with Gasteiger partial charge in [-0.15, -0.1) is 0 Å². The third kappa shape index (κ3) is 6.32. The summed E-state index contributed by atoms with van der Waals surface area (Å²) < 4.78 is 11.1. The lowest BCUT2D eigenvalue weighted by molar-refractivity contribution is -0.123. The summed E-state index contributed by atoms with van der Waals surface area (Å²) in [6.07, 6.45) is 0. The second kappa shape index (κ2) is 10.2. The van der Waals surface area contributed by atoms with E-state index < -0.39 is 0 Å². The van der Waals surface area contributed by atoms with Crippen molar-refractivity contribution < 1.29 is 14.3 Å². The van der Waals surface area contributed by atoms with Crippen LogP contribution < -0.4 is 14.8 Å².